The third kappa shape index (κ3) is 1.91. The summed E-state index contributed by atoms with van der Waals surface area (Å²) in [5.74, 6) is 0.470. The van der Waals surface area contributed by atoms with Crippen molar-refractivity contribution in [2.75, 3.05) is 13.6 Å². The summed E-state index contributed by atoms with van der Waals surface area (Å²) >= 11 is 0. The minimum atomic E-state index is 0.231. The van der Waals surface area contributed by atoms with Crippen LogP contribution in [0.4, 0.5) is 0 Å². The van der Waals surface area contributed by atoms with E-state index in [1.807, 2.05) is 0 Å². The van der Waals surface area contributed by atoms with Gasteiger partial charge in [0.25, 0.3) is 0 Å². The topological polar surface area (TPSA) is 3.24 Å². The fourth-order valence-electron chi connectivity index (χ4n) is 0.784. The van der Waals surface area contributed by atoms with Crippen molar-refractivity contribution >= 4 is 0 Å². The van der Waals surface area contributed by atoms with E-state index in [9.17, 15) is 0 Å². The summed E-state index contributed by atoms with van der Waals surface area (Å²) in [6, 6.07) is 0. The van der Waals surface area contributed by atoms with Crippen LogP contribution in [0.5, 0.6) is 0 Å². The molecule has 0 aromatic rings. The number of nitrogens with zero attached hydrogens (tertiary/aromatic N) is 1. The van der Waals surface area contributed by atoms with Crippen molar-refractivity contribution < 1.29 is 0 Å². The van der Waals surface area contributed by atoms with E-state index in [-0.39, 0.29) is 5.54 Å². The molecule has 0 aliphatic heterocycles. The second-order valence-corrected chi connectivity index (χ2v) is 3.57. The molecule has 0 aliphatic carbocycles. The van der Waals surface area contributed by atoms with Crippen LogP contribution in [0.2, 0.25) is 0 Å². The highest BCUT2D eigenvalue weighted by Crippen LogP contribution is 2.21. The van der Waals surface area contributed by atoms with Crippen LogP contribution in [0.3, 0.4) is 0 Å². The van der Waals surface area contributed by atoms with E-state index in [2.05, 4.69) is 46.6 Å². The lowest BCUT2D eigenvalue weighted by molar-refractivity contribution is 0.124. The predicted octanol–water partition coefficient (Wildman–Crippen LogP) is 2.19. The molecular formula is C9H20N+. The second kappa shape index (κ2) is 3.29. The van der Waals surface area contributed by atoms with Gasteiger partial charge in [-0.15, -0.1) is 0 Å². The summed E-state index contributed by atoms with van der Waals surface area (Å²) in [6.07, 6.45) is 0. The zero-order valence-corrected chi connectivity index (χ0v) is 7.94. The fraction of sp³-hybridized carbons (Fsp3) is 0.889. The molecule has 10 heavy (non-hydrogen) atoms. The molecule has 0 saturated heterocycles. The first-order valence-electron chi connectivity index (χ1n) is 3.97. The van der Waals surface area contributed by atoms with Gasteiger partial charge < -0.3 is 0 Å². The summed E-state index contributed by atoms with van der Waals surface area (Å²) in [7, 11) is 2.14. The van der Waals surface area contributed by atoms with E-state index in [1.165, 1.54) is 0 Å². The molecule has 0 amide bonds. The van der Waals surface area contributed by atoms with E-state index in [1.54, 1.807) is 0 Å². The molecule has 1 nitrogen and oxygen atoms in total. The maximum absolute atomic E-state index is 4.04. The van der Waals surface area contributed by atoms with Crippen LogP contribution < -0.4 is 0 Å². The Morgan fingerprint density at radius 1 is 1.50 bits per heavy atom. The highest BCUT2D eigenvalue weighted by atomic mass is 15.2. The Morgan fingerprint density at radius 3 is 2.00 bits per heavy atom. The zero-order valence-electron chi connectivity index (χ0n) is 7.94. The summed E-state index contributed by atoms with van der Waals surface area (Å²) in [5, 5.41) is 0. The number of hydrogen-bond acceptors (Lipinski definition) is 1. The molecule has 1 heteroatoms. The van der Waals surface area contributed by atoms with Gasteiger partial charge in [0.15, 0.2) is 0 Å². The van der Waals surface area contributed by atoms with Gasteiger partial charge in [0.05, 0.1) is 12.5 Å². The zero-order chi connectivity index (χ0) is 8.36. The molecule has 0 spiro atoms. The van der Waals surface area contributed by atoms with Crippen molar-refractivity contribution in [1.29, 1.82) is 0 Å². The lowest BCUT2D eigenvalue weighted by atomic mass is 9.89. The monoisotopic (exact) mass is 142 g/mol. The van der Waals surface area contributed by atoms with Crippen LogP contribution in [0.25, 0.3) is 0 Å². The molecule has 0 saturated carbocycles. The molecule has 0 N–H and O–H groups in total. The van der Waals surface area contributed by atoms with Gasteiger partial charge in [0, 0.05) is 0 Å². The maximum atomic E-state index is 4.04. The lowest BCUT2D eigenvalue weighted by Crippen LogP contribution is -2.45. The van der Waals surface area contributed by atoms with Crippen LogP contribution in [-0.2, 0) is 0 Å². The first-order valence-corrected chi connectivity index (χ1v) is 3.97. The molecule has 0 aromatic carbocycles. The average molecular weight is 142 g/mol. The van der Waals surface area contributed by atoms with Gasteiger partial charge in [0.1, 0.15) is 5.92 Å². The van der Waals surface area contributed by atoms with E-state index < -0.39 is 0 Å². The van der Waals surface area contributed by atoms with Crippen molar-refractivity contribution in [2.24, 2.45) is 5.92 Å². The Hall–Kier alpha value is -0.170. The van der Waals surface area contributed by atoms with Gasteiger partial charge in [-0.3, -0.25) is 4.90 Å². The Balaban J connectivity index is 4.09. The molecule has 1 atom stereocenters. The standard InChI is InChI=1S/C9H20N/c1-7-10(6)9(4,5)8(2)3/h8H,2,7H2,1,3-6H3/q+1. The molecule has 60 valence electrons. The molecule has 1 unspecified atom stereocenters. The summed E-state index contributed by atoms with van der Waals surface area (Å²) in [4.78, 5) is 2.32. The van der Waals surface area contributed by atoms with Crippen molar-refractivity contribution in [3.63, 3.8) is 0 Å². The smallest absolute Gasteiger partial charge is 0.110 e. The number of rotatable bonds is 3. The molecule has 0 rings (SSSR count). The molecule has 0 aromatic heterocycles. The van der Waals surface area contributed by atoms with E-state index in [4.69, 9.17) is 0 Å². The molecule has 0 aliphatic rings. The minimum absolute atomic E-state index is 0.231. The lowest BCUT2D eigenvalue weighted by Gasteiger charge is -2.34. The van der Waals surface area contributed by atoms with Crippen LogP contribution in [0, 0.1) is 12.8 Å². The fourth-order valence-corrected chi connectivity index (χ4v) is 0.784. The Labute approximate surface area is 65.4 Å². The van der Waals surface area contributed by atoms with E-state index in [0.29, 0.717) is 5.92 Å². The van der Waals surface area contributed by atoms with Crippen LogP contribution in [-0.4, -0.2) is 24.0 Å². The summed E-state index contributed by atoms with van der Waals surface area (Å²) < 4.78 is 0. The Morgan fingerprint density at radius 2 is 1.90 bits per heavy atom. The third-order valence-electron chi connectivity index (χ3n) is 2.66. The van der Waals surface area contributed by atoms with Gasteiger partial charge in [0.2, 0.25) is 0 Å². The van der Waals surface area contributed by atoms with Crippen LogP contribution in [0.1, 0.15) is 27.7 Å². The minimum Gasteiger partial charge on any atom is -0.297 e. The molecule has 0 heterocycles. The van der Waals surface area contributed by atoms with E-state index >= 15 is 0 Å². The van der Waals surface area contributed by atoms with Gasteiger partial charge in [-0.25, -0.2) is 0 Å². The Kier molecular flexibility index (Phi) is 3.23. The normalized spacial score (nSPS) is 15.8. The molecule has 0 radical (unpaired) electrons. The van der Waals surface area contributed by atoms with Crippen LogP contribution in [0.15, 0.2) is 0 Å². The van der Waals surface area contributed by atoms with E-state index in [0.717, 1.165) is 6.54 Å². The highest BCUT2D eigenvalue weighted by molar-refractivity contribution is 4.85. The number of hydrogen-bond donors (Lipinski definition) is 0. The largest absolute Gasteiger partial charge is 0.297 e. The molecule has 0 bridgehead atoms. The first-order chi connectivity index (χ1) is 4.42. The van der Waals surface area contributed by atoms with Gasteiger partial charge in [-0.05, 0) is 34.4 Å². The quantitative estimate of drug-likeness (QED) is 0.546. The Bertz CT molecular complexity index is 94.9. The van der Waals surface area contributed by atoms with Crippen molar-refractivity contribution in [2.45, 2.75) is 33.2 Å². The summed E-state index contributed by atoms with van der Waals surface area (Å²) in [5.41, 5.74) is 0.231. The van der Waals surface area contributed by atoms with Crippen molar-refractivity contribution in [3.8, 4) is 0 Å². The first kappa shape index (κ1) is 9.83. The van der Waals surface area contributed by atoms with Gasteiger partial charge in [-0.1, -0.05) is 6.92 Å². The summed E-state index contributed by atoms with van der Waals surface area (Å²) in [6.45, 7) is 13.9. The maximum Gasteiger partial charge on any atom is 0.110 e. The van der Waals surface area contributed by atoms with Gasteiger partial charge >= 0.3 is 0 Å². The highest BCUT2D eigenvalue weighted by Gasteiger charge is 2.30. The third-order valence-corrected chi connectivity index (χ3v) is 2.66. The van der Waals surface area contributed by atoms with Crippen molar-refractivity contribution in [1.82, 2.24) is 4.90 Å². The molecule has 0 fully saturated rings. The van der Waals surface area contributed by atoms with Crippen LogP contribution >= 0.6 is 0 Å². The SMILES string of the molecule is [CH2+]C(C)C(C)(C)N(C)CC. The molecular weight excluding hydrogens is 122 g/mol. The second-order valence-electron chi connectivity index (χ2n) is 3.57. The van der Waals surface area contributed by atoms with Gasteiger partial charge in [-0.2, -0.15) is 0 Å². The predicted molar refractivity (Wildman–Crippen MR) is 46.9 cm³/mol. The average Bonchev–Trinajstić information content (AvgIpc) is 1.86. The van der Waals surface area contributed by atoms with Crippen molar-refractivity contribution in [3.05, 3.63) is 6.92 Å².